The maximum atomic E-state index is 12.9. The van der Waals surface area contributed by atoms with Gasteiger partial charge in [0.25, 0.3) is 5.91 Å². The third-order valence-corrected chi connectivity index (χ3v) is 4.66. The van der Waals surface area contributed by atoms with Crippen LogP contribution in [0.5, 0.6) is 0 Å². The lowest BCUT2D eigenvalue weighted by molar-refractivity contribution is 0.0701. The molecule has 0 atom stereocenters. The van der Waals surface area contributed by atoms with Gasteiger partial charge in [0, 0.05) is 43.3 Å². The first-order valence-corrected chi connectivity index (χ1v) is 8.69. The summed E-state index contributed by atoms with van der Waals surface area (Å²) in [5.74, 6) is 1.32. The molecule has 0 fully saturated rings. The molecule has 10 heteroatoms. The van der Waals surface area contributed by atoms with E-state index < -0.39 is 0 Å². The lowest BCUT2D eigenvalue weighted by Crippen LogP contribution is -2.38. The molecule has 4 aromatic heterocycles. The van der Waals surface area contributed by atoms with Crippen molar-refractivity contribution in [3.63, 3.8) is 0 Å². The second-order valence-corrected chi connectivity index (χ2v) is 6.60. The van der Waals surface area contributed by atoms with Crippen LogP contribution < -0.4 is 0 Å². The van der Waals surface area contributed by atoms with Crippen LogP contribution in [-0.2, 0) is 13.1 Å². The van der Waals surface area contributed by atoms with Gasteiger partial charge in [0.1, 0.15) is 0 Å². The van der Waals surface area contributed by atoms with E-state index in [9.17, 15) is 4.79 Å². The summed E-state index contributed by atoms with van der Waals surface area (Å²) in [4.78, 5) is 22.9. The Morgan fingerprint density at radius 3 is 2.96 bits per heavy atom. The number of fused-ring (bicyclic) bond motifs is 2. The molecule has 0 aliphatic carbocycles. The fourth-order valence-corrected chi connectivity index (χ4v) is 3.30. The van der Waals surface area contributed by atoms with Crippen LogP contribution in [0.1, 0.15) is 16.3 Å². The van der Waals surface area contributed by atoms with Crippen LogP contribution >= 0.6 is 11.6 Å². The van der Waals surface area contributed by atoms with Crippen LogP contribution in [0.4, 0.5) is 0 Å². The molecular formula is C17H13ClN8O. The number of halogens is 1. The Bertz CT molecular complexity index is 1150. The number of carbonyl (C=O) groups is 1. The van der Waals surface area contributed by atoms with E-state index in [1.807, 2.05) is 16.7 Å². The van der Waals surface area contributed by atoms with E-state index in [1.54, 1.807) is 29.6 Å². The van der Waals surface area contributed by atoms with Gasteiger partial charge in [0.15, 0.2) is 23.0 Å². The van der Waals surface area contributed by atoms with Crippen molar-refractivity contribution in [3.8, 4) is 11.4 Å². The fourth-order valence-electron chi connectivity index (χ4n) is 3.16. The van der Waals surface area contributed by atoms with E-state index in [0.717, 1.165) is 17.2 Å². The van der Waals surface area contributed by atoms with Crippen molar-refractivity contribution in [2.75, 3.05) is 6.54 Å². The first-order valence-electron chi connectivity index (χ1n) is 8.32. The van der Waals surface area contributed by atoms with Gasteiger partial charge in [-0.05, 0) is 12.1 Å². The first-order chi connectivity index (χ1) is 13.2. The molecule has 0 bridgehead atoms. The summed E-state index contributed by atoms with van der Waals surface area (Å²) < 4.78 is 3.52. The van der Waals surface area contributed by atoms with E-state index in [-0.39, 0.29) is 5.91 Å². The van der Waals surface area contributed by atoms with Gasteiger partial charge in [0.05, 0.1) is 17.8 Å². The van der Waals surface area contributed by atoms with Gasteiger partial charge in [-0.15, -0.1) is 10.2 Å². The summed E-state index contributed by atoms with van der Waals surface area (Å²) in [5.41, 5.74) is 1.80. The van der Waals surface area contributed by atoms with E-state index in [0.29, 0.717) is 36.0 Å². The molecule has 5 heterocycles. The van der Waals surface area contributed by atoms with Crippen molar-refractivity contribution in [1.82, 2.24) is 39.2 Å². The second kappa shape index (κ2) is 6.13. The third-order valence-electron chi connectivity index (χ3n) is 4.46. The Labute approximate surface area is 158 Å². The predicted molar refractivity (Wildman–Crippen MR) is 96.0 cm³/mol. The minimum absolute atomic E-state index is 0.172. The molecule has 0 radical (unpaired) electrons. The maximum absolute atomic E-state index is 12.9. The summed E-state index contributed by atoms with van der Waals surface area (Å²) in [6.07, 6.45) is 6.61. The van der Waals surface area contributed by atoms with Crippen molar-refractivity contribution < 1.29 is 4.79 Å². The highest BCUT2D eigenvalue weighted by Crippen LogP contribution is 2.22. The smallest absolute Gasteiger partial charge is 0.274 e. The highest BCUT2D eigenvalue weighted by molar-refractivity contribution is 6.30. The van der Waals surface area contributed by atoms with Crippen molar-refractivity contribution in [1.29, 1.82) is 0 Å². The molecule has 0 spiro atoms. The zero-order valence-electron chi connectivity index (χ0n) is 14.0. The number of rotatable bonds is 2. The Kier molecular flexibility index (Phi) is 3.61. The van der Waals surface area contributed by atoms with Crippen LogP contribution in [0.3, 0.4) is 0 Å². The summed E-state index contributed by atoms with van der Waals surface area (Å²) in [6, 6.07) is 5.45. The number of aromatic nitrogens is 7. The zero-order chi connectivity index (χ0) is 18.4. The molecule has 27 heavy (non-hydrogen) atoms. The molecule has 0 N–H and O–H groups in total. The number of carbonyl (C=O) groups excluding carboxylic acids is 1. The molecule has 0 saturated heterocycles. The summed E-state index contributed by atoms with van der Waals surface area (Å²) >= 11 is 5.92. The average molecular weight is 381 g/mol. The van der Waals surface area contributed by atoms with Crippen LogP contribution in [0.25, 0.3) is 17.0 Å². The Morgan fingerprint density at radius 2 is 2.11 bits per heavy atom. The van der Waals surface area contributed by atoms with Crippen molar-refractivity contribution in [2.45, 2.75) is 13.1 Å². The number of pyridine rings is 1. The van der Waals surface area contributed by atoms with Gasteiger partial charge in [-0.3, -0.25) is 9.78 Å². The molecule has 0 unspecified atom stereocenters. The zero-order valence-corrected chi connectivity index (χ0v) is 14.8. The van der Waals surface area contributed by atoms with Gasteiger partial charge < -0.3 is 9.47 Å². The van der Waals surface area contributed by atoms with Crippen LogP contribution in [-0.4, -0.2) is 51.7 Å². The molecule has 5 rings (SSSR count). The normalized spacial score (nSPS) is 13.7. The third kappa shape index (κ3) is 2.72. The second-order valence-electron chi connectivity index (χ2n) is 6.16. The molecule has 0 aromatic carbocycles. The largest absolute Gasteiger partial charge is 0.328 e. The number of hydrogen-bond acceptors (Lipinski definition) is 6. The standard InChI is InChI=1S/C17H13ClN8O/c18-12-8-20-14-6-13(23-26(14)9-12)17(27)24-4-5-25-15(10-24)21-22-16(25)11-2-1-3-19-7-11/h1-3,6-9H,4-5,10H2. The minimum Gasteiger partial charge on any atom is -0.328 e. The van der Waals surface area contributed by atoms with E-state index >= 15 is 0 Å². The lowest BCUT2D eigenvalue weighted by Gasteiger charge is -2.27. The Balaban J connectivity index is 1.42. The van der Waals surface area contributed by atoms with Crippen molar-refractivity contribution in [2.24, 2.45) is 0 Å². The van der Waals surface area contributed by atoms with Crippen LogP contribution in [0.15, 0.2) is 43.0 Å². The van der Waals surface area contributed by atoms with E-state index in [1.165, 1.54) is 10.7 Å². The van der Waals surface area contributed by atoms with Gasteiger partial charge >= 0.3 is 0 Å². The minimum atomic E-state index is -0.172. The van der Waals surface area contributed by atoms with Crippen LogP contribution in [0.2, 0.25) is 5.02 Å². The van der Waals surface area contributed by atoms with Crippen molar-refractivity contribution >= 4 is 23.2 Å². The molecule has 134 valence electrons. The summed E-state index contributed by atoms with van der Waals surface area (Å²) in [6.45, 7) is 1.52. The van der Waals surface area contributed by atoms with E-state index in [4.69, 9.17) is 11.6 Å². The number of amides is 1. The molecular weight excluding hydrogens is 368 g/mol. The van der Waals surface area contributed by atoms with E-state index in [2.05, 4.69) is 25.3 Å². The predicted octanol–water partition coefficient (Wildman–Crippen LogP) is 1.69. The SMILES string of the molecule is O=C(c1cc2ncc(Cl)cn2n1)N1CCn2c(nnc2-c2cccnc2)C1. The monoisotopic (exact) mass is 380 g/mol. The lowest BCUT2D eigenvalue weighted by atomic mass is 10.2. The van der Waals surface area contributed by atoms with Gasteiger partial charge in [0.2, 0.25) is 0 Å². The average Bonchev–Trinajstić information content (AvgIpc) is 3.31. The quantitative estimate of drug-likeness (QED) is 0.525. The topological polar surface area (TPSA) is 94.1 Å². The van der Waals surface area contributed by atoms with Gasteiger partial charge in [-0.25, -0.2) is 9.50 Å². The highest BCUT2D eigenvalue weighted by atomic mass is 35.5. The number of nitrogens with zero attached hydrogens (tertiary/aromatic N) is 8. The maximum Gasteiger partial charge on any atom is 0.274 e. The van der Waals surface area contributed by atoms with Crippen molar-refractivity contribution in [3.05, 3.63) is 59.5 Å². The molecule has 4 aromatic rings. The molecule has 1 aliphatic heterocycles. The highest BCUT2D eigenvalue weighted by Gasteiger charge is 2.27. The van der Waals surface area contributed by atoms with Gasteiger partial charge in [-0.2, -0.15) is 5.10 Å². The fraction of sp³-hybridized carbons (Fsp3) is 0.176. The Morgan fingerprint density at radius 1 is 1.19 bits per heavy atom. The molecule has 1 amide bonds. The van der Waals surface area contributed by atoms with Gasteiger partial charge in [-0.1, -0.05) is 11.6 Å². The first kappa shape index (κ1) is 15.9. The Hall–Kier alpha value is -3.33. The van der Waals surface area contributed by atoms with Crippen LogP contribution in [0, 0.1) is 0 Å². The molecule has 9 nitrogen and oxygen atoms in total. The number of hydrogen-bond donors (Lipinski definition) is 0. The summed E-state index contributed by atoms with van der Waals surface area (Å²) in [5, 5.41) is 13.3. The molecule has 0 saturated carbocycles. The summed E-state index contributed by atoms with van der Waals surface area (Å²) in [7, 11) is 0. The molecule has 1 aliphatic rings.